The van der Waals surface area contributed by atoms with Gasteiger partial charge >= 0.3 is 5.97 Å². The molecule has 1 fully saturated rings. The van der Waals surface area contributed by atoms with E-state index in [-0.39, 0.29) is 5.97 Å². The first-order valence-electron chi connectivity index (χ1n) is 9.00. The molecular formula is C21H23N3O2. The molecule has 0 spiro atoms. The number of carbonyl (C=O) groups is 1. The van der Waals surface area contributed by atoms with Crippen LogP contribution in [0.25, 0.3) is 16.6 Å². The molecule has 3 aromatic rings. The molecule has 0 unspecified atom stereocenters. The Morgan fingerprint density at radius 2 is 1.88 bits per heavy atom. The second-order valence-corrected chi connectivity index (χ2v) is 7.97. The highest BCUT2D eigenvalue weighted by molar-refractivity contribution is 5.97. The molecule has 0 radical (unpaired) electrons. The number of aromatic nitrogens is 3. The van der Waals surface area contributed by atoms with Crippen LogP contribution in [0.2, 0.25) is 0 Å². The van der Waals surface area contributed by atoms with Crippen LogP contribution in [0.5, 0.6) is 0 Å². The highest BCUT2D eigenvalue weighted by atomic mass is 16.6. The van der Waals surface area contributed by atoms with Crippen LogP contribution in [0, 0.1) is 6.92 Å². The zero-order valence-electron chi connectivity index (χ0n) is 15.6. The van der Waals surface area contributed by atoms with E-state index in [2.05, 4.69) is 4.98 Å². The van der Waals surface area contributed by atoms with E-state index in [0.29, 0.717) is 11.5 Å². The van der Waals surface area contributed by atoms with Gasteiger partial charge in [0.25, 0.3) is 0 Å². The van der Waals surface area contributed by atoms with Crippen molar-refractivity contribution >= 4 is 16.9 Å². The van der Waals surface area contributed by atoms with Crippen molar-refractivity contribution in [3.8, 4) is 5.69 Å². The average molecular weight is 349 g/mol. The normalized spacial score (nSPS) is 14.6. The fraction of sp³-hybridized carbons (Fsp3) is 0.381. The summed E-state index contributed by atoms with van der Waals surface area (Å²) >= 11 is 0. The van der Waals surface area contributed by atoms with Crippen molar-refractivity contribution in [3.63, 3.8) is 0 Å². The van der Waals surface area contributed by atoms with Crippen LogP contribution < -0.4 is 0 Å². The van der Waals surface area contributed by atoms with Crippen molar-refractivity contribution < 1.29 is 9.53 Å². The van der Waals surface area contributed by atoms with Crippen molar-refractivity contribution in [2.75, 3.05) is 0 Å². The lowest BCUT2D eigenvalue weighted by Gasteiger charge is -2.19. The number of fused-ring (bicyclic) bond motifs is 1. The van der Waals surface area contributed by atoms with Crippen LogP contribution in [0.15, 0.2) is 36.7 Å². The lowest BCUT2D eigenvalue weighted by atomic mass is 10.0. The van der Waals surface area contributed by atoms with Gasteiger partial charge in [0.1, 0.15) is 5.60 Å². The van der Waals surface area contributed by atoms with Gasteiger partial charge in [-0.1, -0.05) is 0 Å². The van der Waals surface area contributed by atoms with Gasteiger partial charge in [0.15, 0.2) is 0 Å². The molecule has 0 saturated heterocycles. The molecule has 4 rings (SSSR count). The minimum atomic E-state index is -0.518. The third kappa shape index (κ3) is 3.09. The number of aryl methyl sites for hydroxylation is 1. The SMILES string of the molecule is Cc1cc(C(=O)OC(C)(C)C)cc2nn(-c3ccncc3)c(C3CC3)c12. The second-order valence-electron chi connectivity index (χ2n) is 7.97. The zero-order valence-corrected chi connectivity index (χ0v) is 15.6. The van der Waals surface area contributed by atoms with Gasteiger partial charge in [-0.25, -0.2) is 9.48 Å². The minimum Gasteiger partial charge on any atom is -0.456 e. The van der Waals surface area contributed by atoms with Crippen molar-refractivity contribution in [2.24, 2.45) is 0 Å². The van der Waals surface area contributed by atoms with Crippen LogP contribution in [0.1, 0.15) is 61.1 Å². The Bertz CT molecular complexity index is 980. The molecule has 2 heterocycles. The van der Waals surface area contributed by atoms with E-state index < -0.39 is 5.60 Å². The summed E-state index contributed by atoms with van der Waals surface area (Å²) in [7, 11) is 0. The fourth-order valence-electron chi connectivity index (χ4n) is 3.32. The third-order valence-electron chi connectivity index (χ3n) is 4.51. The number of hydrogen-bond donors (Lipinski definition) is 0. The maximum atomic E-state index is 12.5. The summed E-state index contributed by atoms with van der Waals surface area (Å²) < 4.78 is 7.54. The number of esters is 1. The monoisotopic (exact) mass is 349 g/mol. The van der Waals surface area contributed by atoms with E-state index in [1.807, 2.05) is 56.6 Å². The predicted molar refractivity (Wildman–Crippen MR) is 101 cm³/mol. The molecule has 5 nitrogen and oxygen atoms in total. The first-order valence-corrected chi connectivity index (χ1v) is 9.00. The number of benzene rings is 1. The van der Waals surface area contributed by atoms with Gasteiger partial charge in [-0.15, -0.1) is 0 Å². The largest absolute Gasteiger partial charge is 0.456 e. The van der Waals surface area contributed by atoms with Crippen molar-refractivity contribution in [2.45, 2.75) is 52.1 Å². The number of hydrogen-bond acceptors (Lipinski definition) is 4. The Kier molecular flexibility index (Phi) is 3.83. The first-order chi connectivity index (χ1) is 12.3. The summed E-state index contributed by atoms with van der Waals surface area (Å²) in [6, 6.07) is 7.69. The Labute approximate surface area is 153 Å². The molecular weight excluding hydrogens is 326 g/mol. The van der Waals surface area contributed by atoms with E-state index in [9.17, 15) is 4.79 Å². The average Bonchev–Trinajstić information content (AvgIpc) is 3.34. The molecule has 134 valence electrons. The maximum absolute atomic E-state index is 12.5. The molecule has 1 saturated carbocycles. The van der Waals surface area contributed by atoms with Crippen molar-refractivity contribution in [3.05, 3.63) is 53.5 Å². The van der Waals surface area contributed by atoms with Gasteiger partial charge in [-0.2, -0.15) is 5.10 Å². The lowest BCUT2D eigenvalue weighted by molar-refractivity contribution is 0.00696. The summed E-state index contributed by atoms with van der Waals surface area (Å²) in [5, 5.41) is 5.98. The number of pyridine rings is 1. The molecule has 0 amide bonds. The Balaban J connectivity index is 1.86. The molecule has 0 aliphatic heterocycles. The Morgan fingerprint density at radius 1 is 1.19 bits per heavy atom. The second kappa shape index (κ2) is 5.94. The summed E-state index contributed by atoms with van der Waals surface area (Å²) in [5.41, 5.74) is 4.16. The van der Waals surface area contributed by atoms with E-state index in [1.54, 1.807) is 12.4 Å². The molecule has 0 N–H and O–H groups in total. The molecule has 26 heavy (non-hydrogen) atoms. The first kappa shape index (κ1) is 16.8. The van der Waals surface area contributed by atoms with Gasteiger partial charge in [0, 0.05) is 23.7 Å². The summed E-state index contributed by atoms with van der Waals surface area (Å²) in [5.74, 6) is 0.216. The molecule has 1 aliphatic carbocycles. The number of rotatable bonds is 3. The highest BCUT2D eigenvalue weighted by Gasteiger charge is 2.31. The lowest BCUT2D eigenvalue weighted by Crippen LogP contribution is -2.23. The molecule has 5 heteroatoms. The van der Waals surface area contributed by atoms with Gasteiger partial charge in [0.05, 0.1) is 22.5 Å². The van der Waals surface area contributed by atoms with Crippen LogP contribution in [0.4, 0.5) is 0 Å². The third-order valence-corrected chi connectivity index (χ3v) is 4.51. The van der Waals surface area contributed by atoms with Crippen molar-refractivity contribution in [1.82, 2.24) is 14.8 Å². The van der Waals surface area contributed by atoms with E-state index >= 15 is 0 Å². The van der Waals surface area contributed by atoms with E-state index in [0.717, 1.165) is 22.2 Å². The fourth-order valence-corrected chi connectivity index (χ4v) is 3.32. The standard InChI is InChI=1S/C21H23N3O2/c1-13-11-15(20(25)26-21(2,3)4)12-17-18(13)19(14-5-6-14)24(23-17)16-7-9-22-10-8-16/h7-12,14H,5-6H2,1-4H3. The van der Waals surface area contributed by atoms with Crippen LogP contribution in [-0.2, 0) is 4.74 Å². The Morgan fingerprint density at radius 3 is 2.50 bits per heavy atom. The minimum absolute atomic E-state index is 0.311. The summed E-state index contributed by atoms with van der Waals surface area (Å²) in [6.07, 6.45) is 5.91. The molecule has 1 aliphatic rings. The summed E-state index contributed by atoms with van der Waals surface area (Å²) in [6.45, 7) is 7.67. The van der Waals surface area contributed by atoms with Crippen LogP contribution in [-0.4, -0.2) is 26.3 Å². The molecule has 1 aromatic carbocycles. The van der Waals surface area contributed by atoms with Gasteiger partial charge in [-0.3, -0.25) is 4.98 Å². The quantitative estimate of drug-likeness (QED) is 0.650. The van der Waals surface area contributed by atoms with Crippen LogP contribution in [0.3, 0.4) is 0 Å². The molecule has 0 atom stereocenters. The summed E-state index contributed by atoms with van der Waals surface area (Å²) in [4.78, 5) is 16.6. The highest BCUT2D eigenvalue weighted by Crippen LogP contribution is 2.45. The zero-order chi connectivity index (χ0) is 18.5. The van der Waals surface area contributed by atoms with Gasteiger partial charge < -0.3 is 4.74 Å². The maximum Gasteiger partial charge on any atom is 0.338 e. The smallest absolute Gasteiger partial charge is 0.338 e. The van der Waals surface area contributed by atoms with Crippen molar-refractivity contribution in [1.29, 1.82) is 0 Å². The van der Waals surface area contributed by atoms with E-state index in [4.69, 9.17) is 9.84 Å². The number of carbonyl (C=O) groups excluding carboxylic acids is 1. The predicted octanol–water partition coefficient (Wildman–Crippen LogP) is 4.56. The molecule has 2 aromatic heterocycles. The van der Waals surface area contributed by atoms with E-state index in [1.165, 1.54) is 18.5 Å². The number of nitrogens with zero attached hydrogens (tertiary/aromatic N) is 3. The van der Waals surface area contributed by atoms with Gasteiger partial charge in [0.2, 0.25) is 0 Å². The topological polar surface area (TPSA) is 57.0 Å². The van der Waals surface area contributed by atoms with Gasteiger partial charge in [-0.05, 0) is 70.4 Å². The molecule has 0 bridgehead atoms. The Hall–Kier alpha value is -2.69. The van der Waals surface area contributed by atoms with Crippen LogP contribution >= 0.6 is 0 Å². The number of ether oxygens (including phenoxy) is 1.